The van der Waals surface area contributed by atoms with Crippen LogP contribution in [0.25, 0.3) is 22.1 Å². The molecule has 0 bridgehead atoms. The zero-order chi connectivity index (χ0) is 17.4. The third-order valence-corrected chi connectivity index (χ3v) is 5.02. The summed E-state index contributed by atoms with van der Waals surface area (Å²) in [6, 6.07) is 16.9. The molecule has 0 amide bonds. The summed E-state index contributed by atoms with van der Waals surface area (Å²) in [7, 11) is 0. The molecule has 25 heavy (non-hydrogen) atoms. The quantitative estimate of drug-likeness (QED) is 0.735. The average molecular weight is 336 g/mol. The van der Waals surface area contributed by atoms with Crippen molar-refractivity contribution < 1.29 is 14.3 Å². The minimum absolute atomic E-state index is 0.0113. The van der Waals surface area contributed by atoms with Crippen molar-refractivity contribution in [3.63, 3.8) is 0 Å². The van der Waals surface area contributed by atoms with Crippen molar-refractivity contribution in [2.45, 2.75) is 32.0 Å². The molecule has 4 nitrogen and oxygen atoms in total. The van der Waals surface area contributed by atoms with Gasteiger partial charge in [0, 0.05) is 17.4 Å². The van der Waals surface area contributed by atoms with E-state index in [1.807, 2.05) is 55.5 Å². The van der Waals surface area contributed by atoms with Gasteiger partial charge in [-0.05, 0) is 36.6 Å². The smallest absolute Gasteiger partial charge is 0.344 e. The minimum Gasteiger partial charge on any atom is -0.490 e. The second kappa shape index (κ2) is 6.37. The van der Waals surface area contributed by atoms with Gasteiger partial charge in [0.25, 0.3) is 0 Å². The van der Waals surface area contributed by atoms with Gasteiger partial charge in [0.05, 0.1) is 11.7 Å². The first-order valence-corrected chi connectivity index (χ1v) is 8.60. The Hall–Kier alpha value is -2.59. The van der Waals surface area contributed by atoms with E-state index in [1.54, 1.807) is 6.07 Å². The Kier molecular flexibility index (Phi) is 4.06. The maximum absolute atomic E-state index is 12.3. The zero-order valence-corrected chi connectivity index (χ0v) is 14.0. The lowest BCUT2D eigenvalue weighted by Gasteiger charge is -2.19. The van der Waals surface area contributed by atoms with Crippen LogP contribution in [-0.4, -0.2) is 17.3 Å². The van der Waals surface area contributed by atoms with Crippen LogP contribution < -0.4 is 10.4 Å². The Morgan fingerprint density at radius 3 is 2.60 bits per heavy atom. The van der Waals surface area contributed by atoms with Gasteiger partial charge in [-0.2, -0.15) is 0 Å². The molecule has 1 fully saturated rings. The highest BCUT2D eigenvalue weighted by atomic mass is 16.5. The predicted molar refractivity (Wildman–Crippen MR) is 96.7 cm³/mol. The molecule has 1 N–H and O–H groups in total. The molecule has 0 saturated heterocycles. The van der Waals surface area contributed by atoms with E-state index < -0.39 is 0 Å². The van der Waals surface area contributed by atoms with E-state index in [9.17, 15) is 9.90 Å². The summed E-state index contributed by atoms with van der Waals surface area (Å²) in [5.74, 6) is 0.761. The fourth-order valence-corrected chi connectivity index (χ4v) is 3.43. The molecule has 128 valence electrons. The van der Waals surface area contributed by atoms with Gasteiger partial charge in [0.2, 0.25) is 0 Å². The van der Waals surface area contributed by atoms with Crippen molar-refractivity contribution in [3.8, 4) is 16.9 Å². The summed E-state index contributed by atoms with van der Waals surface area (Å²) >= 11 is 0. The Labute approximate surface area is 145 Å². The first-order chi connectivity index (χ1) is 12.1. The Balaban J connectivity index is 1.67. The van der Waals surface area contributed by atoms with E-state index in [4.69, 9.17) is 9.15 Å². The van der Waals surface area contributed by atoms with Gasteiger partial charge in [-0.3, -0.25) is 0 Å². The van der Waals surface area contributed by atoms with E-state index in [1.165, 1.54) is 0 Å². The van der Waals surface area contributed by atoms with Crippen LogP contribution in [-0.2, 0) is 0 Å². The molecule has 3 atom stereocenters. The van der Waals surface area contributed by atoms with Crippen LogP contribution in [0.3, 0.4) is 0 Å². The standard InChI is InChI=1S/C21H20O4/c1-13-18(22)9-10-19(13)24-16-8-7-15-11-17(14-5-3-2-4-6-14)21(23)25-20(15)12-16/h2-8,11-13,18-19,22H,9-10H2,1H3. The third-order valence-electron chi connectivity index (χ3n) is 5.02. The van der Waals surface area contributed by atoms with Crippen molar-refractivity contribution >= 4 is 11.0 Å². The highest BCUT2D eigenvalue weighted by Gasteiger charge is 2.33. The van der Waals surface area contributed by atoms with Crippen LogP contribution in [0.15, 0.2) is 63.8 Å². The fraction of sp³-hybridized carbons (Fsp3) is 0.286. The van der Waals surface area contributed by atoms with Crippen LogP contribution in [0.5, 0.6) is 5.75 Å². The van der Waals surface area contributed by atoms with Crippen molar-refractivity contribution in [2.24, 2.45) is 5.92 Å². The van der Waals surface area contributed by atoms with Gasteiger partial charge in [-0.1, -0.05) is 37.3 Å². The lowest BCUT2D eigenvalue weighted by Crippen LogP contribution is -2.24. The third kappa shape index (κ3) is 3.05. The van der Waals surface area contributed by atoms with E-state index in [0.29, 0.717) is 16.9 Å². The van der Waals surface area contributed by atoms with E-state index >= 15 is 0 Å². The number of rotatable bonds is 3. The van der Waals surface area contributed by atoms with Gasteiger partial charge >= 0.3 is 5.63 Å². The van der Waals surface area contributed by atoms with Crippen molar-refractivity contribution in [1.29, 1.82) is 0 Å². The molecule has 1 aliphatic rings. The molecule has 1 aromatic heterocycles. The van der Waals surface area contributed by atoms with Crippen LogP contribution in [0.2, 0.25) is 0 Å². The summed E-state index contributed by atoms with van der Waals surface area (Å²) in [6.45, 7) is 2.00. The second-order valence-corrected chi connectivity index (χ2v) is 6.67. The first-order valence-electron chi connectivity index (χ1n) is 8.60. The molecule has 1 aliphatic carbocycles. The number of ether oxygens (including phenoxy) is 1. The number of benzene rings is 2. The topological polar surface area (TPSA) is 59.7 Å². The number of fused-ring (bicyclic) bond motifs is 1. The molecule has 3 aromatic rings. The largest absolute Gasteiger partial charge is 0.490 e. The van der Waals surface area contributed by atoms with Gasteiger partial charge in [-0.25, -0.2) is 4.79 Å². The summed E-state index contributed by atoms with van der Waals surface area (Å²) in [6.07, 6.45) is 1.27. The lowest BCUT2D eigenvalue weighted by molar-refractivity contribution is 0.0893. The van der Waals surface area contributed by atoms with Crippen molar-refractivity contribution in [3.05, 3.63) is 65.0 Å². The van der Waals surface area contributed by atoms with Crippen LogP contribution >= 0.6 is 0 Å². The molecule has 4 rings (SSSR count). The van der Waals surface area contributed by atoms with Crippen molar-refractivity contribution in [1.82, 2.24) is 0 Å². The van der Waals surface area contributed by atoms with E-state index in [-0.39, 0.29) is 23.8 Å². The second-order valence-electron chi connectivity index (χ2n) is 6.67. The summed E-state index contributed by atoms with van der Waals surface area (Å²) in [5, 5.41) is 10.7. The van der Waals surface area contributed by atoms with E-state index in [2.05, 4.69) is 0 Å². The monoisotopic (exact) mass is 336 g/mol. The number of hydrogen-bond donors (Lipinski definition) is 1. The van der Waals surface area contributed by atoms with Crippen LogP contribution in [0.4, 0.5) is 0 Å². The molecule has 0 radical (unpaired) electrons. The first kappa shape index (κ1) is 15.9. The maximum atomic E-state index is 12.3. The van der Waals surface area contributed by atoms with Gasteiger partial charge in [0.1, 0.15) is 17.4 Å². The molecule has 1 saturated carbocycles. The SMILES string of the molecule is CC1C(O)CCC1Oc1ccc2cc(-c3ccccc3)c(=O)oc2c1. The predicted octanol–water partition coefficient (Wildman–Crippen LogP) is 4.00. The summed E-state index contributed by atoms with van der Waals surface area (Å²) in [5.41, 5.74) is 1.54. The lowest BCUT2D eigenvalue weighted by atomic mass is 10.1. The van der Waals surface area contributed by atoms with Crippen LogP contribution in [0, 0.1) is 5.92 Å². The number of aliphatic hydroxyl groups is 1. The summed E-state index contributed by atoms with van der Waals surface area (Å²) in [4.78, 5) is 12.3. The molecule has 4 heteroatoms. The number of aliphatic hydroxyl groups excluding tert-OH is 1. The van der Waals surface area contributed by atoms with Crippen molar-refractivity contribution in [2.75, 3.05) is 0 Å². The van der Waals surface area contributed by atoms with E-state index in [0.717, 1.165) is 23.8 Å². The molecule has 0 spiro atoms. The fourth-order valence-electron chi connectivity index (χ4n) is 3.43. The Morgan fingerprint density at radius 2 is 1.88 bits per heavy atom. The average Bonchev–Trinajstić information content (AvgIpc) is 2.94. The maximum Gasteiger partial charge on any atom is 0.344 e. The molecule has 2 aromatic carbocycles. The molecule has 0 aliphatic heterocycles. The zero-order valence-electron chi connectivity index (χ0n) is 14.0. The molecular weight excluding hydrogens is 316 g/mol. The van der Waals surface area contributed by atoms with Gasteiger partial charge in [0.15, 0.2) is 0 Å². The Bertz CT molecular complexity index is 945. The minimum atomic E-state index is -0.361. The highest BCUT2D eigenvalue weighted by Crippen LogP contribution is 2.31. The number of hydrogen-bond acceptors (Lipinski definition) is 4. The van der Waals surface area contributed by atoms with Gasteiger partial charge < -0.3 is 14.3 Å². The highest BCUT2D eigenvalue weighted by molar-refractivity contribution is 5.82. The van der Waals surface area contributed by atoms with Gasteiger partial charge in [-0.15, -0.1) is 0 Å². The normalized spacial score (nSPS) is 23.0. The summed E-state index contributed by atoms with van der Waals surface area (Å²) < 4.78 is 11.5. The van der Waals surface area contributed by atoms with Crippen LogP contribution in [0.1, 0.15) is 19.8 Å². The Morgan fingerprint density at radius 1 is 1.08 bits per heavy atom. The molecular formula is C21H20O4. The molecule has 1 heterocycles. The molecule has 3 unspecified atom stereocenters.